The topological polar surface area (TPSA) is 76.7 Å². The maximum Gasteiger partial charge on any atom is 0.359 e. The molecule has 0 amide bonds. The molecule has 1 aromatic heterocycles. The van der Waals surface area contributed by atoms with E-state index in [1.54, 1.807) is 17.6 Å². The SMILES string of the molecule is CCOC(=O)c1ncn2c1[C@@H](O)N=C(c1ccccc1Cl)c1cc(-c3ccccc3)ccc1-2. The highest BCUT2D eigenvalue weighted by atomic mass is 35.5. The molecule has 1 aliphatic rings. The van der Waals surface area contributed by atoms with Crippen LogP contribution in [-0.4, -0.2) is 32.9 Å². The number of carbonyl (C=O) groups is 1. The van der Waals surface area contributed by atoms with Gasteiger partial charge in [0.1, 0.15) is 12.0 Å². The zero-order valence-electron chi connectivity index (χ0n) is 17.8. The van der Waals surface area contributed by atoms with Crippen LogP contribution in [0.4, 0.5) is 0 Å². The minimum Gasteiger partial charge on any atom is -0.461 e. The highest BCUT2D eigenvalue weighted by Gasteiger charge is 2.31. The summed E-state index contributed by atoms with van der Waals surface area (Å²) in [6.07, 6.45) is 0.169. The van der Waals surface area contributed by atoms with Crippen LogP contribution in [-0.2, 0) is 4.74 Å². The first kappa shape index (κ1) is 21.1. The second-order valence-electron chi connectivity index (χ2n) is 7.50. The second-order valence-corrected chi connectivity index (χ2v) is 7.91. The van der Waals surface area contributed by atoms with Crippen molar-refractivity contribution in [2.24, 2.45) is 4.99 Å². The normalized spacial score (nSPS) is 14.6. The monoisotopic (exact) mass is 457 g/mol. The van der Waals surface area contributed by atoms with Gasteiger partial charge in [0, 0.05) is 16.1 Å². The molecule has 0 bridgehead atoms. The first-order valence-electron chi connectivity index (χ1n) is 10.5. The van der Waals surface area contributed by atoms with Crippen LogP contribution in [0.3, 0.4) is 0 Å². The molecule has 5 rings (SSSR count). The van der Waals surface area contributed by atoms with Crippen LogP contribution in [0.1, 0.15) is 40.5 Å². The summed E-state index contributed by atoms with van der Waals surface area (Å²) in [5.74, 6) is -0.607. The Morgan fingerprint density at radius 2 is 1.79 bits per heavy atom. The molecule has 164 valence electrons. The molecule has 6 nitrogen and oxygen atoms in total. The Bertz CT molecular complexity index is 1380. The number of aliphatic hydroxyl groups is 1. The van der Waals surface area contributed by atoms with Crippen LogP contribution < -0.4 is 0 Å². The number of imidazole rings is 1. The van der Waals surface area contributed by atoms with Gasteiger partial charge < -0.3 is 9.84 Å². The Labute approximate surface area is 195 Å². The third kappa shape index (κ3) is 3.73. The van der Waals surface area contributed by atoms with Gasteiger partial charge in [-0.15, -0.1) is 0 Å². The molecule has 7 heteroatoms. The van der Waals surface area contributed by atoms with Gasteiger partial charge in [-0.1, -0.05) is 66.2 Å². The zero-order valence-corrected chi connectivity index (χ0v) is 18.5. The molecule has 0 saturated heterocycles. The number of benzene rings is 3. The molecule has 1 atom stereocenters. The van der Waals surface area contributed by atoms with Crippen molar-refractivity contribution in [2.45, 2.75) is 13.2 Å². The standard InChI is InChI=1S/C26H20ClN3O3/c1-2-33-26(32)23-24-25(31)29-22(18-10-6-7-11-20(18)27)19-14-17(16-8-4-3-5-9-16)12-13-21(19)30(24)15-28-23/h3-15,25,31H,2H2,1H3/t25-/m1/s1. The maximum absolute atomic E-state index is 12.5. The average molecular weight is 458 g/mol. The minimum atomic E-state index is -1.34. The van der Waals surface area contributed by atoms with Gasteiger partial charge in [0.25, 0.3) is 0 Å². The van der Waals surface area contributed by atoms with E-state index < -0.39 is 12.2 Å². The number of aliphatic imine (C=N–C) groups is 1. The number of carbonyl (C=O) groups excluding carboxylic acids is 1. The van der Waals surface area contributed by atoms with Gasteiger partial charge in [-0.25, -0.2) is 14.8 Å². The molecule has 0 fully saturated rings. The van der Waals surface area contributed by atoms with Crippen molar-refractivity contribution < 1.29 is 14.6 Å². The molecule has 0 spiro atoms. The number of rotatable bonds is 4. The summed E-state index contributed by atoms with van der Waals surface area (Å²) >= 11 is 6.53. The Morgan fingerprint density at radius 3 is 2.55 bits per heavy atom. The summed E-state index contributed by atoms with van der Waals surface area (Å²) in [6.45, 7) is 1.92. The number of fused-ring (bicyclic) bond motifs is 3. The van der Waals surface area contributed by atoms with E-state index in [0.717, 1.165) is 22.4 Å². The predicted octanol–water partition coefficient (Wildman–Crippen LogP) is 5.21. The van der Waals surface area contributed by atoms with Gasteiger partial charge in [0.05, 0.1) is 18.0 Å². The fraction of sp³-hybridized carbons (Fsp3) is 0.115. The van der Waals surface area contributed by atoms with Gasteiger partial charge in [0.2, 0.25) is 0 Å². The van der Waals surface area contributed by atoms with E-state index in [9.17, 15) is 9.90 Å². The fourth-order valence-corrected chi connectivity index (χ4v) is 4.25. The van der Waals surface area contributed by atoms with Crippen LogP contribution in [0.2, 0.25) is 5.02 Å². The lowest BCUT2D eigenvalue weighted by molar-refractivity contribution is 0.0512. The third-order valence-corrected chi connectivity index (χ3v) is 5.85. The Kier molecular flexibility index (Phi) is 5.54. The van der Waals surface area contributed by atoms with E-state index in [2.05, 4.69) is 9.98 Å². The van der Waals surface area contributed by atoms with Crippen molar-refractivity contribution >= 4 is 23.3 Å². The van der Waals surface area contributed by atoms with E-state index >= 15 is 0 Å². The van der Waals surface area contributed by atoms with Crippen LogP contribution in [0.15, 0.2) is 84.1 Å². The highest BCUT2D eigenvalue weighted by Crippen LogP contribution is 2.35. The fourth-order valence-electron chi connectivity index (χ4n) is 4.02. The molecule has 33 heavy (non-hydrogen) atoms. The summed E-state index contributed by atoms with van der Waals surface area (Å²) in [5, 5.41) is 11.6. The van der Waals surface area contributed by atoms with Crippen molar-refractivity contribution in [3.63, 3.8) is 0 Å². The van der Waals surface area contributed by atoms with Gasteiger partial charge in [-0.2, -0.15) is 0 Å². The average Bonchev–Trinajstić information content (AvgIpc) is 3.24. The first-order valence-corrected chi connectivity index (χ1v) is 10.9. The molecule has 0 radical (unpaired) electrons. The molecule has 1 aliphatic heterocycles. The molecule has 1 N–H and O–H groups in total. The molecular formula is C26H20ClN3O3. The molecule has 4 aromatic rings. The smallest absolute Gasteiger partial charge is 0.359 e. The lowest BCUT2D eigenvalue weighted by Crippen LogP contribution is -2.12. The summed E-state index contributed by atoms with van der Waals surface area (Å²) < 4.78 is 6.83. The highest BCUT2D eigenvalue weighted by molar-refractivity contribution is 6.35. The van der Waals surface area contributed by atoms with E-state index in [-0.39, 0.29) is 18.0 Å². The van der Waals surface area contributed by atoms with Crippen LogP contribution in [0, 0.1) is 0 Å². The number of nitrogens with zero attached hydrogens (tertiary/aromatic N) is 3. The van der Waals surface area contributed by atoms with Crippen molar-refractivity contribution in [1.82, 2.24) is 9.55 Å². The maximum atomic E-state index is 12.5. The van der Waals surface area contributed by atoms with Crippen LogP contribution >= 0.6 is 11.6 Å². The van der Waals surface area contributed by atoms with Gasteiger partial charge in [-0.3, -0.25) is 4.57 Å². The first-order chi connectivity index (χ1) is 16.1. The third-order valence-electron chi connectivity index (χ3n) is 5.52. The lowest BCUT2D eigenvalue weighted by atomic mass is 9.96. The molecule has 0 unspecified atom stereocenters. The quantitative estimate of drug-likeness (QED) is 0.427. The number of hydrogen-bond donors (Lipinski definition) is 1. The Morgan fingerprint density at radius 1 is 1.03 bits per heavy atom. The molecule has 0 saturated carbocycles. The summed E-state index contributed by atoms with van der Waals surface area (Å²) in [7, 11) is 0. The lowest BCUT2D eigenvalue weighted by Gasteiger charge is -2.14. The number of ether oxygens (including phenoxy) is 1. The molecule has 2 heterocycles. The number of aliphatic hydroxyl groups excluding tert-OH is 1. The largest absolute Gasteiger partial charge is 0.461 e. The van der Waals surface area contributed by atoms with E-state index in [4.69, 9.17) is 16.3 Å². The number of aromatic nitrogens is 2. The van der Waals surface area contributed by atoms with Crippen LogP contribution in [0.25, 0.3) is 16.8 Å². The number of esters is 1. The predicted molar refractivity (Wildman–Crippen MR) is 127 cm³/mol. The van der Waals surface area contributed by atoms with Crippen LogP contribution in [0.5, 0.6) is 0 Å². The number of hydrogen-bond acceptors (Lipinski definition) is 5. The molecule has 0 aliphatic carbocycles. The minimum absolute atomic E-state index is 0.0339. The molecule has 3 aromatic carbocycles. The van der Waals surface area contributed by atoms with Crippen molar-refractivity contribution in [3.8, 4) is 16.8 Å². The van der Waals surface area contributed by atoms with E-state index in [0.29, 0.717) is 16.3 Å². The Hall–Kier alpha value is -3.74. The summed E-state index contributed by atoms with van der Waals surface area (Å²) in [5.41, 5.74) is 5.01. The summed E-state index contributed by atoms with van der Waals surface area (Å²) in [6, 6.07) is 23.3. The Balaban J connectivity index is 1.78. The zero-order chi connectivity index (χ0) is 22.9. The second kappa shape index (κ2) is 8.65. The van der Waals surface area contributed by atoms with Gasteiger partial charge in [0.15, 0.2) is 11.9 Å². The molecular weight excluding hydrogens is 438 g/mol. The van der Waals surface area contributed by atoms with Gasteiger partial charge in [-0.05, 0) is 36.2 Å². The van der Waals surface area contributed by atoms with Crippen molar-refractivity contribution in [3.05, 3.63) is 107 Å². The van der Waals surface area contributed by atoms with Crippen molar-refractivity contribution in [2.75, 3.05) is 6.61 Å². The summed E-state index contributed by atoms with van der Waals surface area (Å²) in [4.78, 5) is 21.4. The number of halogens is 1. The van der Waals surface area contributed by atoms with E-state index in [1.165, 1.54) is 6.33 Å². The van der Waals surface area contributed by atoms with Gasteiger partial charge >= 0.3 is 5.97 Å². The van der Waals surface area contributed by atoms with E-state index in [1.807, 2.05) is 66.7 Å². The van der Waals surface area contributed by atoms with Crippen molar-refractivity contribution in [1.29, 1.82) is 0 Å².